The van der Waals surface area contributed by atoms with Gasteiger partial charge in [-0.15, -0.1) is 0 Å². The minimum atomic E-state index is -5.08. The second-order valence-electron chi connectivity index (χ2n) is 7.14. The van der Waals surface area contributed by atoms with Crippen LogP contribution in [0.5, 0.6) is 0 Å². The van der Waals surface area contributed by atoms with E-state index in [0.717, 1.165) is 36.6 Å². The standard InChI is InChI=1S/C17H20N2O3S.C2HF3O2/c1-18-16-7-3-2-6-15(16)17(23(18,20)21)8-10-19(11-9-17)13-14-5-4-12-22-14;3-2(4,5)1(6)7/h2-7,12H,8-11,13H2,1H3;(H,6,7). The Kier molecular flexibility index (Phi) is 5.87. The number of halogens is 3. The summed E-state index contributed by atoms with van der Waals surface area (Å²) in [5.41, 5.74) is 1.78. The van der Waals surface area contributed by atoms with E-state index in [1.807, 2.05) is 36.4 Å². The van der Waals surface area contributed by atoms with E-state index in [1.54, 1.807) is 13.3 Å². The summed E-state index contributed by atoms with van der Waals surface area (Å²) in [6, 6.07) is 11.5. The summed E-state index contributed by atoms with van der Waals surface area (Å²) in [6.07, 6.45) is -2.16. The fourth-order valence-electron chi connectivity index (χ4n) is 3.89. The molecule has 1 fully saturated rings. The number of carboxylic acids is 1. The Balaban J connectivity index is 0.000000318. The van der Waals surface area contributed by atoms with E-state index in [1.165, 1.54) is 4.31 Å². The third kappa shape index (κ3) is 3.91. The zero-order valence-corrected chi connectivity index (χ0v) is 16.9. The Labute approximate surface area is 171 Å². The van der Waals surface area contributed by atoms with Gasteiger partial charge in [0.1, 0.15) is 10.5 Å². The zero-order chi connectivity index (χ0) is 22.2. The van der Waals surface area contributed by atoms with E-state index in [-0.39, 0.29) is 0 Å². The van der Waals surface area contributed by atoms with Crippen LogP contribution < -0.4 is 4.31 Å². The molecule has 164 valence electrons. The third-order valence-corrected chi connectivity index (χ3v) is 7.99. The SMILES string of the molecule is CN1c2ccccc2C2(CCN(Cc3ccco3)CC2)S1(=O)=O.O=C(O)C(F)(F)F. The summed E-state index contributed by atoms with van der Waals surface area (Å²) in [7, 11) is -1.68. The van der Waals surface area contributed by atoms with Crippen LogP contribution in [0, 0.1) is 0 Å². The maximum absolute atomic E-state index is 13.0. The molecule has 0 radical (unpaired) electrons. The Morgan fingerprint density at radius 2 is 1.77 bits per heavy atom. The highest BCUT2D eigenvalue weighted by Gasteiger charge is 2.55. The van der Waals surface area contributed by atoms with Gasteiger partial charge in [-0.25, -0.2) is 13.2 Å². The lowest BCUT2D eigenvalue weighted by Crippen LogP contribution is -2.47. The molecule has 0 aliphatic carbocycles. The number of aliphatic carboxylic acids is 1. The minimum Gasteiger partial charge on any atom is -0.475 e. The number of alkyl halides is 3. The Morgan fingerprint density at radius 3 is 2.30 bits per heavy atom. The number of para-hydroxylation sites is 1. The number of benzene rings is 1. The fourth-order valence-corrected chi connectivity index (χ4v) is 5.98. The number of sulfonamides is 1. The highest BCUT2D eigenvalue weighted by molar-refractivity contribution is 7.94. The van der Waals surface area contributed by atoms with Gasteiger partial charge in [-0.1, -0.05) is 18.2 Å². The molecule has 7 nitrogen and oxygen atoms in total. The van der Waals surface area contributed by atoms with Crippen molar-refractivity contribution in [2.45, 2.75) is 30.3 Å². The Hall–Kier alpha value is -2.53. The molecule has 3 heterocycles. The number of carboxylic acid groups (broad SMARTS) is 1. The van der Waals surface area contributed by atoms with E-state index in [0.29, 0.717) is 12.8 Å². The topological polar surface area (TPSA) is 91.1 Å². The average molecular weight is 446 g/mol. The van der Waals surface area contributed by atoms with E-state index >= 15 is 0 Å². The lowest BCUT2D eigenvalue weighted by atomic mass is 9.87. The van der Waals surface area contributed by atoms with Crippen molar-refractivity contribution in [3.63, 3.8) is 0 Å². The number of carbonyl (C=O) groups is 1. The summed E-state index contributed by atoms with van der Waals surface area (Å²) < 4.78 is 63.9. The van der Waals surface area contributed by atoms with Gasteiger partial charge < -0.3 is 9.52 Å². The third-order valence-electron chi connectivity index (χ3n) is 5.45. The molecule has 1 saturated heterocycles. The summed E-state index contributed by atoms with van der Waals surface area (Å²) >= 11 is 0. The quantitative estimate of drug-likeness (QED) is 0.762. The van der Waals surface area contributed by atoms with Gasteiger partial charge in [-0.3, -0.25) is 9.21 Å². The molecule has 30 heavy (non-hydrogen) atoms. The van der Waals surface area contributed by atoms with Gasteiger partial charge in [-0.2, -0.15) is 13.2 Å². The summed E-state index contributed by atoms with van der Waals surface area (Å²) in [4.78, 5) is 11.2. The maximum atomic E-state index is 13.0. The molecular formula is C19H21F3N2O5S. The van der Waals surface area contributed by atoms with Gasteiger partial charge in [0.05, 0.1) is 18.5 Å². The van der Waals surface area contributed by atoms with Gasteiger partial charge in [0, 0.05) is 20.1 Å². The van der Waals surface area contributed by atoms with Crippen LogP contribution in [0.3, 0.4) is 0 Å². The smallest absolute Gasteiger partial charge is 0.475 e. The second kappa shape index (κ2) is 7.95. The van der Waals surface area contributed by atoms with Crippen LogP contribution in [0.15, 0.2) is 47.1 Å². The number of hydrogen-bond donors (Lipinski definition) is 1. The highest BCUT2D eigenvalue weighted by Crippen LogP contribution is 2.51. The molecule has 0 atom stereocenters. The number of rotatable bonds is 2. The van der Waals surface area contributed by atoms with Crippen LogP contribution in [0.2, 0.25) is 0 Å². The van der Waals surface area contributed by atoms with Crippen molar-refractivity contribution in [2.24, 2.45) is 0 Å². The Bertz CT molecular complexity index is 997. The van der Waals surface area contributed by atoms with Gasteiger partial charge >= 0.3 is 12.1 Å². The summed E-state index contributed by atoms with van der Waals surface area (Å²) in [5.74, 6) is -1.83. The first-order valence-corrected chi connectivity index (χ1v) is 10.6. The van der Waals surface area contributed by atoms with Gasteiger partial charge in [0.25, 0.3) is 0 Å². The highest BCUT2D eigenvalue weighted by atomic mass is 32.2. The molecule has 0 saturated carbocycles. The molecule has 2 aromatic rings. The van der Waals surface area contributed by atoms with Crippen LogP contribution in [0.25, 0.3) is 0 Å². The molecule has 0 bridgehead atoms. The molecule has 4 rings (SSSR count). The van der Waals surface area contributed by atoms with Crippen molar-refractivity contribution in [3.8, 4) is 0 Å². The number of likely N-dealkylation sites (tertiary alicyclic amines) is 1. The van der Waals surface area contributed by atoms with Crippen molar-refractivity contribution in [3.05, 3.63) is 54.0 Å². The predicted molar refractivity (Wildman–Crippen MR) is 102 cm³/mol. The lowest BCUT2D eigenvalue weighted by Gasteiger charge is -2.38. The summed E-state index contributed by atoms with van der Waals surface area (Å²) in [6.45, 7) is 2.24. The van der Waals surface area contributed by atoms with Crippen LogP contribution in [-0.2, 0) is 26.1 Å². The minimum absolute atomic E-state index is 0.622. The first-order chi connectivity index (χ1) is 14.0. The molecular weight excluding hydrogens is 425 g/mol. The van der Waals surface area contributed by atoms with E-state index in [9.17, 15) is 21.6 Å². The number of anilines is 1. The molecule has 1 aromatic carbocycles. The molecule has 1 N–H and O–H groups in total. The maximum Gasteiger partial charge on any atom is 0.490 e. The van der Waals surface area contributed by atoms with Crippen molar-refractivity contribution < 1.29 is 35.9 Å². The fraction of sp³-hybridized carbons (Fsp3) is 0.421. The van der Waals surface area contributed by atoms with Crippen molar-refractivity contribution in [1.29, 1.82) is 0 Å². The van der Waals surface area contributed by atoms with E-state index in [2.05, 4.69) is 4.90 Å². The van der Waals surface area contributed by atoms with Crippen LogP contribution in [0.1, 0.15) is 24.2 Å². The first kappa shape index (κ1) is 22.2. The lowest BCUT2D eigenvalue weighted by molar-refractivity contribution is -0.192. The van der Waals surface area contributed by atoms with Crippen LogP contribution in [0.4, 0.5) is 18.9 Å². The molecule has 11 heteroatoms. The van der Waals surface area contributed by atoms with Crippen molar-refractivity contribution in [2.75, 3.05) is 24.4 Å². The number of hydrogen-bond acceptors (Lipinski definition) is 5. The largest absolute Gasteiger partial charge is 0.490 e. The molecule has 2 aliphatic heterocycles. The van der Waals surface area contributed by atoms with Crippen molar-refractivity contribution in [1.82, 2.24) is 4.90 Å². The molecule has 2 aliphatic rings. The van der Waals surface area contributed by atoms with Gasteiger partial charge in [-0.05, 0) is 36.6 Å². The normalized spacial score (nSPS) is 19.8. The molecule has 0 unspecified atom stereocenters. The number of fused-ring (bicyclic) bond motifs is 2. The summed E-state index contributed by atoms with van der Waals surface area (Å²) in [5, 5.41) is 7.12. The average Bonchev–Trinajstić information content (AvgIpc) is 3.25. The van der Waals surface area contributed by atoms with Crippen molar-refractivity contribution >= 4 is 21.7 Å². The number of furan rings is 1. The van der Waals surface area contributed by atoms with Gasteiger partial charge in [0.15, 0.2) is 0 Å². The number of nitrogens with zero attached hydrogens (tertiary/aromatic N) is 2. The zero-order valence-electron chi connectivity index (χ0n) is 16.1. The molecule has 0 amide bonds. The van der Waals surface area contributed by atoms with Gasteiger partial charge in [0.2, 0.25) is 10.0 Å². The second-order valence-corrected chi connectivity index (χ2v) is 9.42. The first-order valence-electron chi connectivity index (χ1n) is 9.12. The van der Waals surface area contributed by atoms with Crippen LogP contribution in [-0.4, -0.2) is 50.7 Å². The van der Waals surface area contributed by atoms with Crippen LogP contribution >= 0.6 is 0 Å². The van der Waals surface area contributed by atoms with E-state index in [4.69, 9.17) is 14.3 Å². The Morgan fingerprint density at radius 1 is 1.17 bits per heavy atom. The molecule has 1 aromatic heterocycles. The monoisotopic (exact) mass is 446 g/mol. The van der Waals surface area contributed by atoms with E-state index < -0.39 is 26.9 Å². The predicted octanol–water partition coefficient (Wildman–Crippen LogP) is 3.18. The number of piperidine rings is 1. The molecule has 1 spiro atoms.